The van der Waals surface area contributed by atoms with Gasteiger partial charge in [-0.3, -0.25) is 0 Å². The number of nitrogens with one attached hydrogen (secondary N) is 1. The van der Waals surface area contributed by atoms with E-state index in [1.54, 1.807) is 13.0 Å². The Labute approximate surface area is 176 Å². The molecule has 0 radical (unpaired) electrons. The Morgan fingerprint density at radius 3 is 2.39 bits per heavy atom. The van der Waals surface area contributed by atoms with Crippen molar-refractivity contribution in [3.05, 3.63) is 75.2 Å². The number of aliphatic imine (C=N–C) groups is 1. The normalized spacial score (nSPS) is 13.0. The molecule has 2 aromatic carbocycles. The fraction of sp³-hybridized carbons (Fsp3) is 0.318. The predicted molar refractivity (Wildman–Crippen MR) is 119 cm³/mol. The molecule has 3 nitrogen and oxygen atoms in total. The van der Waals surface area contributed by atoms with Crippen LogP contribution in [-0.2, 0) is 12.8 Å². The second-order valence-electron chi connectivity index (χ2n) is 7.55. The first kappa shape index (κ1) is 22.3. The highest BCUT2D eigenvalue weighted by Gasteiger charge is 2.20. The Balaban J connectivity index is 2.08. The van der Waals surface area contributed by atoms with Gasteiger partial charge < -0.3 is 11.1 Å². The molecule has 0 bridgehead atoms. The number of benzene rings is 2. The van der Waals surface area contributed by atoms with Crippen LogP contribution in [0.5, 0.6) is 0 Å². The van der Waals surface area contributed by atoms with E-state index in [1.165, 1.54) is 6.07 Å². The Bertz CT molecular complexity index is 901. The third-order valence-corrected chi connectivity index (χ3v) is 4.74. The van der Waals surface area contributed by atoms with E-state index in [1.807, 2.05) is 51.1 Å². The molecule has 0 aromatic heterocycles. The molecule has 0 aliphatic heterocycles. The maximum absolute atomic E-state index is 13.7. The lowest BCUT2D eigenvalue weighted by atomic mass is 9.94. The van der Waals surface area contributed by atoms with Gasteiger partial charge in [0.05, 0.1) is 21.6 Å². The average Bonchev–Trinajstić information content (AvgIpc) is 2.57. The number of nitrogens with zero attached hydrogens (tertiary/aromatic N) is 1. The van der Waals surface area contributed by atoms with Crippen molar-refractivity contribution in [2.75, 3.05) is 5.32 Å². The van der Waals surface area contributed by atoms with Crippen LogP contribution in [0.2, 0.25) is 10.0 Å². The highest BCUT2D eigenvalue weighted by atomic mass is 35.5. The second kappa shape index (κ2) is 9.44. The highest BCUT2D eigenvalue weighted by molar-refractivity contribution is 6.33. The van der Waals surface area contributed by atoms with Crippen molar-refractivity contribution < 1.29 is 4.39 Å². The van der Waals surface area contributed by atoms with E-state index >= 15 is 0 Å². The Hall–Kier alpha value is -2.04. The van der Waals surface area contributed by atoms with Gasteiger partial charge in [-0.2, -0.15) is 0 Å². The van der Waals surface area contributed by atoms with Crippen LogP contribution in [0.3, 0.4) is 0 Å². The van der Waals surface area contributed by atoms with Crippen molar-refractivity contribution in [1.82, 2.24) is 0 Å². The van der Waals surface area contributed by atoms with Gasteiger partial charge in [0, 0.05) is 11.2 Å². The zero-order valence-electron chi connectivity index (χ0n) is 16.6. The number of nitrogens with two attached hydrogens (primary N) is 1. The molecule has 0 saturated carbocycles. The van der Waals surface area contributed by atoms with E-state index in [2.05, 4.69) is 10.3 Å². The van der Waals surface area contributed by atoms with Crippen LogP contribution in [0, 0.1) is 5.82 Å². The fourth-order valence-corrected chi connectivity index (χ4v) is 3.31. The highest BCUT2D eigenvalue weighted by Crippen LogP contribution is 2.28. The lowest BCUT2D eigenvalue weighted by Gasteiger charge is -2.28. The van der Waals surface area contributed by atoms with Gasteiger partial charge in [-0.05, 0) is 75.9 Å². The van der Waals surface area contributed by atoms with Gasteiger partial charge in [-0.15, -0.1) is 0 Å². The number of halogens is 3. The number of anilines is 1. The zero-order valence-corrected chi connectivity index (χ0v) is 18.1. The van der Waals surface area contributed by atoms with Crippen LogP contribution in [0.25, 0.3) is 0 Å². The average molecular weight is 422 g/mol. The lowest BCUT2D eigenvalue weighted by molar-refractivity contribution is 0.559. The topological polar surface area (TPSA) is 50.4 Å². The number of rotatable bonds is 7. The van der Waals surface area contributed by atoms with Gasteiger partial charge in [0.2, 0.25) is 0 Å². The van der Waals surface area contributed by atoms with Crippen LogP contribution in [0.15, 0.2) is 53.2 Å². The Kier molecular flexibility index (Phi) is 7.50. The molecule has 150 valence electrons. The molecule has 0 aliphatic rings. The Morgan fingerprint density at radius 2 is 1.79 bits per heavy atom. The first-order chi connectivity index (χ1) is 13.1. The van der Waals surface area contributed by atoms with E-state index in [4.69, 9.17) is 28.9 Å². The maximum atomic E-state index is 13.7. The van der Waals surface area contributed by atoms with Crippen molar-refractivity contribution in [2.24, 2.45) is 10.7 Å². The van der Waals surface area contributed by atoms with E-state index in [0.29, 0.717) is 17.3 Å². The van der Waals surface area contributed by atoms with Gasteiger partial charge in [-0.25, -0.2) is 9.38 Å². The summed E-state index contributed by atoms with van der Waals surface area (Å²) in [5, 5.41) is 4.21. The van der Waals surface area contributed by atoms with E-state index in [-0.39, 0.29) is 10.6 Å². The van der Waals surface area contributed by atoms with Crippen LogP contribution in [0.1, 0.15) is 38.8 Å². The summed E-state index contributed by atoms with van der Waals surface area (Å²) in [7, 11) is 0. The third kappa shape index (κ3) is 6.84. The van der Waals surface area contributed by atoms with Crippen molar-refractivity contribution in [1.29, 1.82) is 0 Å². The molecular weight excluding hydrogens is 396 g/mol. The molecule has 2 rings (SSSR count). The van der Waals surface area contributed by atoms with Crippen molar-refractivity contribution >= 4 is 34.7 Å². The molecule has 0 atom stereocenters. The minimum absolute atomic E-state index is 0.129. The molecule has 0 unspecified atom stereocenters. The smallest absolute Gasteiger partial charge is 0.142 e. The number of hydrogen-bond donors (Lipinski definition) is 2. The summed E-state index contributed by atoms with van der Waals surface area (Å²) in [6.45, 7) is 7.76. The van der Waals surface area contributed by atoms with Crippen LogP contribution in [0.4, 0.5) is 10.1 Å². The van der Waals surface area contributed by atoms with E-state index < -0.39 is 5.82 Å². The molecule has 0 fully saturated rings. The number of allylic oxidation sites excluding steroid dienone is 2. The van der Waals surface area contributed by atoms with E-state index in [9.17, 15) is 4.39 Å². The van der Waals surface area contributed by atoms with Crippen molar-refractivity contribution in [2.45, 2.75) is 46.1 Å². The monoisotopic (exact) mass is 421 g/mol. The van der Waals surface area contributed by atoms with Gasteiger partial charge in [-0.1, -0.05) is 41.4 Å². The summed E-state index contributed by atoms with van der Waals surface area (Å²) in [6.07, 6.45) is 3.35. The summed E-state index contributed by atoms with van der Waals surface area (Å²) in [5.74, 6) is 0.129. The van der Waals surface area contributed by atoms with Gasteiger partial charge >= 0.3 is 0 Å². The summed E-state index contributed by atoms with van der Waals surface area (Å²) in [6, 6.07) is 10.8. The van der Waals surface area contributed by atoms with Gasteiger partial charge in [0.25, 0.3) is 0 Å². The van der Waals surface area contributed by atoms with Gasteiger partial charge in [0.15, 0.2) is 0 Å². The SMILES string of the molecule is CC(=C/Cc1ccc(NC(C)(C)Cc2ccc(Cl)c(F)c2)c(Cl)c1)/N=C(/C)N. The summed E-state index contributed by atoms with van der Waals surface area (Å²) in [5.41, 5.74) is 8.91. The largest absolute Gasteiger partial charge is 0.387 e. The van der Waals surface area contributed by atoms with Crippen LogP contribution in [-0.4, -0.2) is 11.4 Å². The standard InChI is InChI=1S/C22H26Cl2FN3/c1-14(27-15(2)26)5-6-16-8-10-21(19(24)11-16)28-22(3,4)13-17-7-9-18(23)20(25)12-17/h5,7-12,28H,6,13H2,1-4H3,(H2,26,27)/b14-5-. The minimum Gasteiger partial charge on any atom is -0.387 e. The second-order valence-corrected chi connectivity index (χ2v) is 8.37. The maximum Gasteiger partial charge on any atom is 0.142 e. The molecule has 0 saturated heterocycles. The quantitative estimate of drug-likeness (QED) is 0.401. The first-order valence-corrected chi connectivity index (χ1v) is 9.79. The molecule has 2 aromatic rings. The molecular formula is C22H26Cl2FN3. The molecule has 0 amide bonds. The number of hydrogen-bond acceptors (Lipinski definition) is 2. The van der Waals surface area contributed by atoms with Crippen molar-refractivity contribution in [3.8, 4) is 0 Å². The predicted octanol–water partition coefficient (Wildman–Crippen LogP) is 6.39. The first-order valence-electron chi connectivity index (χ1n) is 9.04. The molecule has 0 heterocycles. The van der Waals surface area contributed by atoms with Gasteiger partial charge in [0.1, 0.15) is 5.82 Å². The minimum atomic E-state index is -0.408. The third-order valence-electron chi connectivity index (χ3n) is 4.12. The summed E-state index contributed by atoms with van der Waals surface area (Å²) in [4.78, 5) is 4.21. The molecule has 6 heteroatoms. The van der Waals surface area contributed by atoms with Crippen LogP contribution >= 0.6 is 23.2 Å². The summed E-state index contributed by atoms with van der Waals surface area (Å²) < 4.78 is 13.7. The summed E-state index contributed by atoms with van der Waals surface area (Å²) >= 11 is 12.2. The molecule has 0 aliphatic carbocycles. The molecule has 0 spiro atoms. The molecule has 28 heavy (non-hydrogen) atoms. The molecule has 3 N–H and O–H groups in total. The number of amidine groups is 1. The van der Waals surface area contributed by atoms with E-state index in [0.717, 1.165) is 28.9 Å². The van der Waals surface area contributed by atoms with Crippen molar-refractivity contribution in [3.63, 3.8) is 0 Å². The zero-order chi connectivity index (χ0) is 20.9. The van der Waals surface area contributed by atoms with Crippen LogP contribution < -0.4 is 11.1 Å². The Morgan fingerprint density at radius 1 is 1.11 bits per heavy atom. The lowest BCUT2D eigenvalue weighted by Crippen LogP contribution is -2.33. The fourth-order valence-electron chi connectivity index (χ4n) is 2.94.